The number of allylic oxidation sites excluding steroid dienone is 1. The van der Waals surface area contributed by atoms with Crippen LogP contribution in [0.4, 0.5) is 0 Å². The first-order chi connectivity index (χ1) is 20.2. The van der Waals surface area contributed by atoms with E-state index in [9.17, 15) is 14.7 Å². The van der Waals surface area contributed by atoms with Crippen molar-refractivity contribution < 1.29 is 14.7 Å². The third kappa shape index (κ3) is 10.6. The number of carbonyl (C=O) groups is 2. The van der Waals surface area contributed by atoms with Crippen molar-refractivity contribution in [1.29, 1.82) is 0 Å². The highest BCUT2D eigenvalue weighted by molar-refractivity contribution is 5.89. The highest BCUT2D eigenvalue weighted by Crippen LogP contribution is 2.22. The minimum Gasteiger partial charge on any atom is -0.391 e. The molecule has 0 aliphatic rings. The molecule has 0 radical (unpaired) electrons. The molecule has 2 aromatic carbocycles. The molecule has 42 heavy (non-hydrogen) atoms. The number of H-pyrrole nitrogens is 1. The van der Waals surface area contributed by atoms with E-state index in [1.54, 1.807) is 12.5 Å². The molecule has 0 saturated heterocycles. The Morgan fingerprint density at radius 2 is 1.48 bits per heavy atom. The van der Waals surface area contributed by atoms with Crippen molar-refractivity contribution in [2.45, 2.75) is 78.0 Å². The predicted molar refractivity (Wildman–Crippen MR) is 169 cm³/mol. The minimum absolute atomic E-state index is 0.129. The van der Waals surface area contributed by atoms with Gasteiger partial charge >= 0.3 is 0 Å². The Hall–Kier alpha value is -3.71. The number of aliphatic hydroxyl groups excluding tert-OH is 1. The second-order valence-electron chi connectivity index (χ2n) is 12.1. The van der Waals surface area contributed by atoms with Crippen LogP contribution in [0.15, 0.2) is 85.8 Å². The smallest absolute Gasteiger partial charge is 0.243 e. The monoisotopic (exact) mass is 572 g/mol. The molecule has 226 valence electrons. The molecule has 0 aliphatic carbocycles. The Morgan fingerprint density at radius 3 is 1.95 bits per heavy atom. The van der Waals surface area contributed by atoms with Gasteiger partial charge in [-0.3, -0.25) is 9.59 Å². The van der Waals surface area contributed by atoms with E-state index in [0.29, 0.717) is 31.6 Å². The first-order valence-electron chi connectivity index (χ1n) is 15.1. The molecule has 1 aromatic heterocycles. The van der Waals surface area contributed by atoms with E-state index >= 15 is 0 Å². The van der Waals surface area contributed by atoms with Gasteiger partial charge in [-0.05, 0) is 54.6 Å². The number of hydrogen-bond donors (Lipinski definition) is 4. The molecule has 0 unspecified atom stereocenters. The molecule has 2 amide bonds. The summed E-state index contributed by atoms with van der Waals surface area (Å²) in [4.78, 5) is 34.9. The average molecular weight is 573 g/mol. The quantitative estimate of drug-likeness (QED) is 0.165. The zero-order valence-electron chi connectivity index (χ0n) is 25.5. The third-order valence-corrected chi connectivity index (χ3v) is 7.82. The van der Waals surface area contributed by atoms with E-state index in [1.807, 2.05) is 66.7 Å². The Labute approximate surface area is 251 Å². The number of aromatic nitrogens is 2. The van der Waals surface area contributed by atoms with Gasteiger partial charge in [-0.2, -0.15) is 0 Å². The topological polar surface area (TPSA) is 107 Å². The van der Waals surface area contributed by atoms with Gasteiger partial charge in [0.05, 0.1) is 18.5 Å². The first-order valence-corrected chi connectivity index (χ1v) is 15.1. The number of aliphatic hydroxyl groups is 1. The van der Waals surface area contributed by atoms with Crippen molar-refractivity contribution >= 4 is 11.8 Å². The number of nitrogens with one attached hydrogen (secondary N) is 3. The molecule has 7 heteroatoms. The van der Waals surface area contributed by atoms with Gasteiger partial charge in [0, 0.05) is 24.2 Å². The molecule has 0 fully saturated rings. The van der Waals surface area contributed by atoms with E-state index in [0.717, 1.165) is 16.8 Å². The third-order valence-electron chi connectivity index (χ3n) is 7.82. The Kier molecular flexibility index (Phi) is 13.0. The fraction of sp³-hybridized carbons (Fsp3) is 0.457. The molecule has 3 aromatic rings. The maximum Gasteiger partial charge on any atom is 0.243 e. The molecule has 7 nitrogen and oxygen atoms in total. The van der Waals surface area contributed by atoms with Gasteiger partial charge in [-0.25, -0.2) is 4.98 Å². The van der Waals surface area contributed by atoms with Gasteiger partial charge in [0.1, 0.15) is 6.04 Å². The van der Waals surface area contributed by atoms with Gasteiger partial charge in [0.2, 0.25) is 11.8 Å². The minimum atomic E-state index is -0.839. The largest absolute Gasteiger partial charge is 0.391 e. The van der Waals surface area contributed by atoms with E-state index < -0.39 is 18.2 Å². The van der Waals surface area contributed by atoms with Crippen LogP contribution in [-0.2, 0) is 28.9 Å². The summed E-state index contributed by atoms with van der Waals surface area (Å²) in [6.07, 6.45) is 6.84. The Bertz CT molecular complexity index is 1170. The lowest BCUT2D eigenvalue weighted by atomic mass is 9.86. The molecular formula is C35H48N4O3. The van der Waals surface area contributed by atoms with Gasteiger partial charge in [-0.1, -0.05) is 94.4 Å². The van der Waals surface area contributed by atoms with E-state index in [-0.39, 0.29) is 36.0 Å². The standard InChI is InChI=1S/C35H48N4O3/c1-6-28(25(4)5)20-33(40)31(17-24(2)3)38-35(42)32(21-30-22-36-23-37-30)39-34(41)29(18-26-13-9-7-10-14-26)19-27-15-11-8-12-16-27/h6-16,22-25,28-29,31-33,40H,1,17-21H2,2-5H3,(H,36,37)(H,38,42)(H,39,41)/t28-,31-,32-,33-/m0/s1. The van der Waals surface area contributed by atoms with Crippen molar-refractivity contribution in [1.82, 2.24) is 20.6 Å². The molecule has 0 aliphatic heterocycles. The normalized spacial score (nSPS) is 14.4. The summed E-state index contributed by atoms with van der Waals surface area (Å²) < 4.78 is 0. The van der Waals surface area contributed by atoms with Gasteiger partial charge < -0.3 is 20.7 Å². The lowest BCUT2D eigenvalue weighted by molar-refractivity contribution is -0.132. The Morgan fingerprint density at radius 1 is 0.881 bits per heavy atom. The number of imidazole rings is 1. The molecule has 0 saturated carbocycles. The molecule has 0 spiro atoms. The fourth-order valence-electron chi connectivity index (χ4n) is 5.36. The molecule has 4 N–H and O–H groups in total. The van der Waals surface area contributed by atoms with Crippen LogP contribution in [0.5, 0.6) is 0 Å². The van der Waals surface area contributed by atoms with E-state index in [2.05, 4.69) is 54.9 Å². The van der Waals surface area contributed by atoms with Crippen LogP contribution in [0.1, 0.15) is 57.4 Å². The molecule has 1 heterocycles. The summed E-state index contributed by atoms with van der Waals surface area (Å²) in [6.45, 7) is 12.3. The lowest BCUT2D eigenvalue weighted by Crippen LogP contribution is -2.55. The number of aromatic amines is 1. The summed E-state index contributed by atoms with van der Waals surface area (Å²) in [5.74, 6) is -0.165. The van der Waals surface area contributed by atoms with Gasteiger partial charge in [0.25, 0.3) is 0 Å². The molecular weight excluding hydrogens is 524 g/mol. The lowest BCUT2D eigenvalue weighted by Gasteiger charge is -2.31. The molecule has 0 bridgehead atoms. The summed E-state index contributed by atoms with van der Waals surface area (Å²) in [5, 5.41) is 17.4. The van der Waals surface area contributed by atoms with Crippen LogP contribution in [0.25, 0.3) is 0 Å². The van der Waals surface area contributed by atoms with Crippen LogP contribution in [0, 0.1) is 23.7 Å². The summed E-state index contributed by atoms with van der Waals surface area (Å²) in [7, 11) is 0. The number of hydrogen-bond acceptors (Lipinski definition) is 4. The molecule has 4 atom stereocenters. The van der Waals surface area contributed by atoms with Crippen molar-refractivity contribution in [3.63, 3.8) is 0 Å². The SMILES string of the molecule is C=C[C@@H](C[C@H](O)[C@H](CC(C)C)NC(=O)[C@H](Cc1cnc[nH]1)NC(=O)C(Cc1ccccc1)Cc1ccccc1)C(C)C. The first kappa shape index (κ1) is 32.8. The summed E-state index contributed by atoms with van der Waals surface area (Å²) in [6, 6.07) is 18.6. The van der Waals surface area contributed by atoms with Crippen LogP contribution < -0.4 is 10.6 Å². The van der Waals surface area contributed by atoms with Gasteiger partial charge in [0.15, 0.2) is 0 Å². The zero-order chi connectivity index (χ0) is 30.5. The van der Waals surface area contributed by atoms with Crippen molar-refractivity contribution in [3.8, 4) is 0 Å². The van der Waals surface area contributed by atoms with E-state index in [4.69, 9.17) is 0 Å². The number of rotatable bonds is 17. The van der Waals surface area contributed by atoms with Crippen LogP contribution in [0.2, 0.25) is 0 Å². The van der Waals surface area contributed by atoms with Crippen LogP contribution in [0.3, 0.4) is 0 Å². The maximum atomic E-state index is 13.9. The Balaban J connectivity index is 1.82. The van der Waals surface area contributed by atoms with Crippen molar-refractivity contribution in [3.05, 3.63) is 103 Å². The highest BCUT2D eigenvalue weighted by Gasteiger charge is 2.31. The van der Waals surface area contributed by atoms with Crippen LogP contribution >= 0.6 is 0 Å². The van der Waals surface area contributed by atoms with Crippen LogP contribution in [-0.4, -0.2) is 45.1 Å². The fourth-order valence-corrected chi connectivity index (χ4v) is 5.36. The van der Waals surface area contributed by atoms with E-state index in [1.165, 1.54) is 0 Å². The summed E-state index contributed by atoms with van der Waals surface area (Å²) >= 11 is 0. The second-order valence-corrected chi connectivity index (χ2v) is 12.1. The number of amides is 2. The summed E-state index contributed by atoms with van der Waals surface area (Å²) in [5.41, 5.74) is 2.86. The highest BCUT2D eigenvalue weighted by atomic mass is 16.3. The van der Waals surface area contributed by atoms with Gasteiger partial charge in [-0.15, -0.1) is 6.58 Å². The number of nitrogens with zero attached hydrogens (tertiary/aromatic N) is 1. The predicted octanol–water partition coefficient (Wildman–Crippen LogP) is 5.28. The number of benzene rings is 2. The second kappa shape index (κ2) is 16.7. The number of carbonyl (C=O) groups excluding carboxylic acids is 2. The zero-order valence-corrected chi connectivity index (χ0v) is 25.5. The average Bonchev–Trinajstić information content (AvgIpc) is 3.48. The van der Waals surface area contributed by atoms with Crippen molar-refractivity contribution in [2.75, 3.05) is 0 Å². The van der Waals surface area contributed by atoms with Crippen molar-refractivity contribution in [2.24, 2.45) is 23.7 Å². The maximum absolute atomic E-state index is 13.9. The molecule has 3 rings (SSSR count).